The lowest BCUT2D eigenvalue weighted by molar-refractivity contribution is -0.142. The van der Waals surface area contributed by atoms with Gasteiger partial charge in [-0.25, -0.2) is 4.79 Å². The third-order valence-corrected chi connectivity index (χ3v) is 3.28. The Morgan fingerprint density at radius 2 is 1.88 bits per heavy atom. The van der Waals surface area contributed by atoms with Crippen molar-refractivity contribution in [1.82, 2.24) is 0 Å². The molecule has 0 spiro atoms. The lowest BCUT2D eigenvalue weighted by Crippen LogP contribution is -2.20. The molecule has 6 heteroatoms. The van der Waals surface area contributed by atoms with Gasteiger partial charge in [-0.15, -0.1) is 0 Å². The van der Waals surface area contributed by atoms with Crippen LogP contribution in [0.5, 0.6) is 5.75 Å². The van der Waals surface area contributed by atoms with E-state index in [0.717, 1.165) is 5.56 Å². The van der Waals surface area contributed by atoms with Crippen molar-refractivity contribution in [3.63, 3.8) is 0 Å². The number of carbonyl (C=O) groups excluding carboxylic acids is 2. The minimum absolute atomic E-state index is 0.333. The van der Waals surface area contributed by atoms with E-state index >= 15 is 0 Å². The number of hydrogen-bond donors (Lipinski definition) is 1. The molecular weight excluding hydrogens is 332 g/mol. The molecule has 1 amide bonds. The van der Waals surface area contributed by atoms with Gasteiger partial charge in [-0.1, -0.05) is 30.3 Å². The minimum atomic E-state index is -0.653. The van der Waals surface area contributed by atoms with E-state index in [1.165, 1.54) is 6.08 Å². The molecule has 0 saturated carbocycles. The molecule has 0 saturated heterocycles. The number of amides is 1. The maximum atomic E-state index is 11.9. The molecule has 6 nitrogen and oxygen atoms in total. The van der Waals surface area contributed by atoms with Gasteiger partial charge in [0.25, 0.3) is 5.91 Å². The van der Waals surface area contributed by atoms with Gasteiger partial charge in [0, 0.05) is 11.6 Å². The number of nitriles is 1. The van der Waals surface area contributed by atoms with Crippen LogP contribution in [0.4, 0.5) is 5.69 Å². The Morgan fingerprint density at radius 1 is 1.15 bits per heavy atom. The average Bonchev–Trinajstić information content (AvgIpc) is 2.66. The Morgan fingerprint density at radius 3 is 2.65 bits per heavy atom. The molecule has 0 aliphatic carbocycles. The van der Waals surface area contributed by atoms with Gasteiger partial charge in [-0.05, 0) is 31.2 Å². The second kappa shape index (κ2) is 9.64. The number of nitrogens with zero attached hydrogens (tertiary/aromatic N) is 1. The van der Waals surface area contributed by atoms with Crippen molar-refractivity contribution in [2.45, 2.75) is 6.92 Å². The standard InChI is InChI=1S/C20H18N2O4/c1-2-25-18-10-6-4-7-15(18)11-12-20(24)26-14-19(23)22-17-9-5-3-8-16(17)13-21/h3-12H,2,14H2,1H3,(H,22,23)/b12-11+. The first-order valence-electron chi connectivity index (χ1n) is 7.99. The molecule has 2 aromatic rings. The fourth-order valence-electron chi connectivity index (χ4n) is 2.12. The summed E-state index contributed by atoms with van der Waals surface area (Å²) in [4.78, 5) is 23.6. The molecule has 0 heterocycles. The van der Waals surface area contributed by atoms with Gasteiger partial charge in [0.05, 0.1) is 17.9 Å². The van der Waals surface area contributed by atoms with Gasteiger partial charge >= 0.3 is 5.97 Å². The van der Waals surface area contributed by atoms with Crippen molar-refractivity contribution in [3.8, 4) is 11.8 Å². The van der Waals surface area contributed by atoms with Crippen molar-refractivity contribution >= 4 is 23.6 Å². The van der Waals surface area contributed by atoms with Gasteiger partial charge in [0.1, 0.15) is 11.8 Å². The third kappa shape index (κ3) is 5.49. The van der Waals surface area contributed by atoms with E-state index in [-0.39, 0.29) is 0 Å². The maximum absolute atomic E-state index is 11.9. The van der Waals surface area contributed by atoms with Crippen LogP contribution in [0.15, 0.2) is 54.6 Å². The van der Waals surface area contributed by atoms with Gasteiger partial charge in [0.15, 0.2) is 6.61 Å². The number of carbonyl (C=O) groups is 2. The summed E-state index contributed by atoms with van der Waals surface area (Å²) in [5.41, 5.74) is 1.44. The highest BCUT2D eigenvalue weighted by atomic mass is 16.5. The topological polar surface area (TPSA) is 88.4 Å². The quantitative estimate of drug-likeness (QED) is 0.612. The van der Waals surface area contributed by atoms with Crippen LogP contribution in [0, 0.1) is 11.3 Å². The van der Waals surface area contributed by atoms with Crippen LogP contribution in [0.1, 0.15) is 18.1 Å². The lowest BCUT2D eigenvalue weighted by atomic mass is 10.2. The summed E-state index contributed by atoms with van der Waals surface area (Å²) in [5, 5.41) is 11.5. The molecule has 132 valence electrons. The summed E-state index contributed by atoms with van der Waals surface area (Å²) >= 11 is 0. The highest BCUT2D eigenvalue weighted by Crippen LogP contribution is 2.19. The smallest absolute Gasteiger partial charge is 0.331 e. The van der Waals surface area contributed by atoms with Crippen molar-refractivity contribution in [2.75, 3.05) is 18.5 Å². The summed E-state index contributed by atoms with van der Waals surface area (Å²) in [7, 11) is 0. The number of ether oxygens (including phenoxy) is 2. The van der Waals surface area contributed by atoms with Crippen LogP contribution in [0.3, 0.4) is 0 Å². The molecule has 0 bridgehead atoms. The van der Waals surface area contributed by atoms with E-state index in [2.05, 4.69) is 5.32 Å². The number of para-hydroxylation sites is 2. The summed E-state index contributed by atoms with van der Waals surface area (Å²) in [6.45, 7) is 1.94. The van der Waals surface area contributed by atoms with E-state index in [0.29, 0.717) is 23.6 Å². The number of rotatable bonds is 7. The van der Waals surface area contributed by atoms with E-state index in [9.17, 15) is 9.59 Å². The Labute approximate surface area is 151 Å². The molecule has 2 aromatic carbocycles. The van der Waals surface area contributed by atoms with E-state index in [1.54, 1.807) is 42.5 Å². The molecule has 0 atom stereocenters. The number of nitrogens with one attached hydrogen (secondary N) is 1. The lowest BCUT2D eigenvalue weighted by Gasteiger charge is -2.07. The number of benzene rings is 2. The predicted octanol–water partition coefficient (Wildman–Crippen LogP) is 3.15. The molecule has 2 rings (SSSR count). The normalized spacial score (nSPS) is 10.2. The summed E-state index contributed by atoms with van der Waals surface area (Å²) in [6.07, 6.45) is 2.80. The van der Waals surface area contributed by atoms with Gasteiger partial charge in [-0.3, -0.25) is 4.79 Å². The molecule has 0 aliphatic rings. The minimum Gasteiger partial charge on any atom is -0.493 e. The zero-order chi connectivity index (χ0) is 18.8. The Bertz CT molecular complexity index is 853. The Balaban J connectivity index is 1.89. The van der Waals surface area contributed by atoms with Crippen LogP contribution >= 0.6 is 0 Å². The maximum Gasteiger partial charge on any atom is 0.331 e. The zero-order valence-electron chi connectivity index (χ0n) is 14.3. The monoisotopic (exact) mass is 350 g/mol. The second-order valence-corrected chi connectivity index (χ2v) is 5.12. The van der Waals surface area contributed by atoms with Crippen molar-refractivity contribution in [2.24, 2.45) is 0 Å². The molecule has 0 aliphatic heterocycles. The molecule has 0 fully saturated rings. The van der Waals surface area contributed by atoms with Crippen LogP contribution in [0.2, 0.25) is 0 Å². The molecule has 0 unspecified atom stereocenters. The molecular formula is C20H18N2O4. The third-order valence-electron chi connectivity index (χ3n) is 3.28. The van der Waals surface area contributed by atoms with Crippen molar-refractivity contribution < 1.29 is 19.1 Å². The van der Waals surface area contributed by atoms with Crippen LogP contribution in [0.25, 0.3) is 6.08 Å². The number of anilines is 1. The van der Waals surface area contributed by atoms with Crippen molar-refractivity contribution in [1.29, 1.82) is 5.26 Å². The molecule has 26 heavy (non-hydrogen) atoms. The van der Waals surface area contributed by atoms with Crippen LogP contribution < -0.4 is 10.1 Å². The fourth-order valence-corrected chi connectivity index (χ4v) is 2.12. The highest BCUT2D eigenvalue weighted by Gasteiger charge is 2.08. The first-order chi connectivity index (χ1) is 12.6. The van der Waals surface area contributed by atoms with Gasteiger partial charge in [0.2, 0.25) is 0 Å². The predicted molar refractivity (Wildman–Crippen MR) is 97.4 cm³/mol. The molecule has 0 radical (unpaired) electrons. The van der Waals surface area contributed by atoms with Gasteiger partial charge in [-0.2, -0.15) is 5.26 Å². The van der Waals surface area contributed by atoms with E-state index in [1.807, 2.05) is 25.1 Å². The number of hydrogen-bond acceptors (Lipinski definition) is 5. The second-order valence-electron chi connectivity index (χ2n) is 5.12. The van der Waals surface area contributed by atoms with Crippen LogP contribution in [-0.2, 0) is 14.3 Å². The SMILES string of the molecule is CCOc1ccccc1/C=C/C(=O)OCC(=O)Nc1ccccc1C#N. The highest BCUT2D eigenvalue weighted by molar-refractivity contribution is 5.95. The summed E-state index contributed by atoms with van der Waals surface area (Å²) < 4.78 is 10.4. The van der Waals surface area contributed by atoms with E-state index in [4.69, 9.17) is 14.7 Å². The Kier molecular flexibility index (Phi) is 6.95. The largest absolute Gasteiger partial charge is 0.493 e. The first-order valence-corrected chi connectivity index (χ1v) is 7.99. The van der Waals surface area contributed by atoms with Gasteiger partial charge < -0.3 is 14.8 Å². The fraction of sp³-hybridized carbons (Fsp3) is 0.150. The first kappa shape index (κ1) is 18.7. The molecule has 1 N–H and O–H groups in total. The van der Waals surface area contributed by atoms with E-state index < -0.39 is 18.5 Å². The van der Waals surface area contributed by atoms with Crippen LogP contribution in [-0.4, -0.2) is 25.1 Å². The van der Waals surface area contributed by atoms with Crippen molar-refractivity contribution in [3.05, 3.63) is 65.7 Å². The number of esters is 1. The average molecular weight is 350 g/mol. The zero-order valence-corrected chi connectivity index (χ0v) is 14.3. The summed E-state index contributed by atoms with van der Waals surface area (Å²) in [5.74, 6) is -0.519. The Hall–Kier alpha value is -3.59. The molecule has 0 aromatic heterocycles. The summed E-state index contributed by atoms with van der Waals surface area (Å²) in [6, 6.07) is 15.8.